The van der Waals surface area contributed by atoms with Gasteiger partial charge in [-0.05, 0) is 26.2 Å². The van der Waals surface area contributed by atoms with Crippen LogP contribution in [0.15, 0.2) is 5.38 Å². The van der Waals surface area contributed by atoms with Crippen molar-refractivity contribution in [3.8, 4) is 0 Å². The van der Waals surface area contributed by atoms with Crippen LogP contribution < -0.4 is 0 Å². The van der Waals surface area contributed by atoms with Crippen molar-refractivity contribution in [1.29, 1.82) is 0 Å². The molecule has 0 aromatic carbocycles. The first kappa shape index (κ1) is 15.5. The largest absolute Gasteiger partial charge is 0.342 e. The Kier molecular flexibility index (Phi) is 4.21. The van der Waals surface area contributed by atoms with Gasteiger partial charge in [-0.15, -0.1) is 11.3 Å². The maximum atomic E-state index is 12.6. The summed E-state index contributed by atoms with van der Waals surface area (Å²) >= 11 is 1.57. The molecule has 1 spiro atoms. The van der Waals surface area contributed by atoms with E-state index in [0.29, 0.717) is 19.5 Å². The topological polar surface area (TPSA) is 53.5 Å². The summed E-state index contributed by atoms with van der Waals surface area (Å²) in [5.41, 5.74) is 0.543. The molecule has 120 valence electrons. The number of hydrogen-bond acceptors (Lipinski definition) is 4. The Morgan fingerprint density at radius 1 is 1.41 bits per heavy atom. The van der Waals surface area contributed by atoms with Crippen LogP contribution in [-0.4, -0.2) is 52.8 Å². The van der Waals surface area contributed by atoms with E-state index in [4.69, 9.17) is 0 Å². The molecule has 6 heteroatoms. The second kappa shape index (κ2) is 5.99. The van der Waals surface area contributed by atoms with Gasteiger partial charge < -0.3 is 9.80 Å². The van der Waals surface area contributed by atoms with Crippen LogP contribution in [0.1, 0.15) is 36.9 Å². The molecule has 22 heavy (non-hydrogen) atoms. The number of amides is 2. The molecule has 0 saturated carbocycles. The van der Waals surface area contributed by atoms with Crippen molar-refractivity contribution in [2.75, 3.05) is 26.2 Å². The number of thiazole rings is 1. The summed E-state index contributed by atoms with van der Waals surface area (Å²) in [7, 11) is 0. The lowest BCUT2D eigenvalue weighted by atomic mass is 9.85. The van der Waals surface area contributed by atoms with Crippen LogP contribution in [0.5, 0.6) is 0 Å². The average molecular weight is 321 g/mol. The van der Waals surface area contributed by atoms with Crippen molar-refractivity contribution in [3.63, 3.8) is 0 Å². The van der Waals surface area contributed by atoms with Gasteiger partial charge in [0.1, 0.15) is 0 Å². The number of aryl methyl sites for hydroxylation is 1. The fourth-order valence-electron chi connectivity index (χ4n) is 3.60. The highest BCUT2D eigenvalue weighted by Crippen LogP contribution is 2.40. The van der Waals surface area contributed by atoms with Gasteiger partial charge in [0.2, 0.25) is 11.8 Å². The van der Waals surface area contributed by atoms with Crippen LogP contribution in [0.3, 0.4) is 0 Å². The van der Waals surface area contributed by atoms with Crippen molar-refractivity contribution >= 4 is 23.2 Å². The lowest BCUT2D eigenvalue weighted by Crippen LogP contribution is -2.38. The van der Waals surface area contributed by atoms with E-state index in [9.17, 15) is 9.59 Å². The Bertz CT molecular complexity index is 586. The van der Waals surface area contributed by atoms with Gasteiger partial charge in [0.05, 0.1) is 22.5 Å². The summed E-state index contributed by atoms with van der Waals surface area (Å²) < 4.78 is 0. The Morgan fingerprint density at radius 3 is 2.86 bits per heavy atom. The maximum absolute atomic E-state index is 12.6. The number of carbonyl (C=O) groups is 2. The zero-order chi connectivity index (χ0) is 15.7. The number of hydrogen-bond donors (Lipinski definition) is 0. The number of rotatable bonds is 4. The number of carbonyl (C=O) groups excluding carboxylic acids is 2. The van der Waals surface area contributed by atoms with E-state index in [0.717, 1.165) is 43.1 Å². The van der Waals surface area contributed by atoms with E-state index in [2.05, 4.69) is 11.9 Å². The summed E-state index contributed by atoms with van der Waals surface area (Å²) in [4.78, 5) is 33.3. The molecule has 3 heterocycles. The van der Waals surface area contributed by atoms with Crippen molar-refractivity contribution in [3.05, 3.63) is 16.1 Å². The zero-order valence-corrected chi connectivity index (χ0v) is 14.1. The zero-order valence-electron chi connectivity index (χ0n) is 13.3. The molecule has 0 N–H and O–H groups in total. The molecular formula is C16H23N3O2S. The predicted octanol–water partition coefficient (Wildman–Crippen LogP) is 1.86. The molecule has 0 aliphatic carbocycles. The lowest BCUT2D eigenvalue weighted by molar-refractivity contribution is -0.136. The quantitative estimate of drug-likeness (QED) is 0.850. The summed E-state index contributed by atoms with van der Waals surface area (Å²) in [5.74, 6) is 0.359. The predicted molar refractivity (Wildman–Crippen MR) is 85.7 cm³/mol. The average Bonchev–Trinajstić information content (AvgIpc) is 3.17. The smallest absolute Gasteiger partial charge is 0.230 e. The van der Waals surface area contributed by atoms with E-state index in [-0.39, 0.29) is 17.2 Å². The first-order valence-electron chi connectivity index (χ1n) is 8.02. The highest BCUT2D eigenvalue weighted by atomic mass is 32.1. The van der Waals surface area contributed by atoms with Gasteiger partial charge in [0.25, 0.3) is 0 Å². The van der Waals surface area contributed by atoms with Gasteiger partial charge in [-0.25, -0.2) is 4.98 Å². The van der Waals surface area contributed by atoms with E-state index in [1.807, 2.05) is 22.1 Å². The normalized spacial score (nSPS) is 24.7. The number of aromatic nitrogens is 1. The maximum Gasteiger partial charge on any atom is 0.230 e. The Labute approximate surface area is 135 Å². The summed E-state index contributed by atoms with van der Waals surface area (Å²) in [6.45, 7) is 7.02. The Hall–Kier alpha value is -1.43. The third-order valence-electron chi connectivity index (χ3n) is 4.80. The molecule has 2 aliphatic rings. The van der Waals surface area contributed by atoms with Gasteiger partial charge in [0.15, 0.2) is 0 Å². The lowest BCUT2D eigenvalue weighted by Gasteiger charge is -2.23. The molecule has 2 saturated heterocycles. The molecule has 0 radical (unpaired) electrons. The SMILES string of the molecule is CCCN1CCC2(CCN(C(=O)Cc3csc(C)n3)C2)C1=O. The van der Waals surface area contributed by atoms with Crippen molar-refractivity contribution in [1.82, 2.24) is 14.8 Å². The van der Waals surface area contributed by atoms with Crippen LogP contribution in [-0.2, 0) is 16.0 Å². The standard InChI is InChI=1S/C16H23N3O2S/c1-3-6-18-7-4-16(15(18)21)5-8-19(11-16)14(20)9-13-10-22-12(2)17-13/h10H,3-9,11H2,1-2H3. The van der Waals surface area contributed by atoms with Crippen LogP contribution in [0.25, 0.3) is 0 Å². The van der Waals surface area contributed by atoms with Gasteiger partial charge in [-0.1, -0.05) is 6.92 Å². The van der Waals surface area contributed by atoms with Crippen molar-refractivity contribution < 1.29 is 9.59 Å². The van der Waals surface area contributed by atoms with E-state index in [1.54, 1.807) is 11.3 Å². The monoisotopic (exact) mass is 321 g/mol. The van der Waals surface area contributed by atoms with E-state index >= 15 is 0 Å². The molecule has 5 nitrogen and oxygen atoms in total. The molecule has 2 fully saturated rings. The molecular weight excluding hydrogens is 298 g/mol. The highest BCUT2D eigenvalue weighted by molar-refractivity contribution is 7.09. The summed E-state index contributed by atoms with van der Waals surface area (Å²) in [5, 5.41) is 2.94. The molecule has 0 bridgehead atoms. The van der Waals surface area contributed by atoms with Crippen molar-refractivity contribution in [2.24, 2.45) is 5.41 Å². The molecule has 1 atom stereocenters. The van der Waals surface area contributed by atoms with Gasteiger partial charge in [0, 0.05) is 31.6 Å². The van der Waals surface area contributed by atoms with Gasteiger partial charge in [-0.3, -0.25) is 9.59 Å². The van der Waals surface area contributed by atoms with Crippen LogP contribution in [0, 0.1) is 12.3 Å². The molecule has 2 aliphatic heterocycles. The van der Waals surface area contributed by atoms with Crippen LogP contribution in [0.2, 0.25) is 0 Å². The van der Waals surface area contributed by atoms with Crippen LogP contribution >= 0.6 is 11.3 Å². The summed E-state index contributed by atoms with van der Waals surface area (Å²) in [6.07, 6.45) is 3.06. The molecule has 1 aromatic rings. The number of nitrogens with zero attached hydrogens (tertiary/aromatic N) is 3. The second-order valence-electron chi connectivity index (χ2n) is 6.42. The van der Waals surface area contributed by atoms with Crippen molar-refractivity contribution in [2.45, 2.75) is 39.5 Å². The third kappa shape index (κ3) is 2.76. The molecule has 1 aromatic heterocycles. The van der Waals surface area contributed by atoms with E-state index in [1.165, 1.54) is 0 Å². The fourth-order valence-corrected chi connectivity index (χ4v) is 4.21. The van der Waals surface area contributed by atoms with Crippen LogP contribution in [0.4, 0.5) is 0 Å². The minimum Gasteiger partial charge on any atom is -0.342 e. The van der Waals surface area contributed by atoms with Gasteiger partial charge in [-0.2, -0.15) is 0 Å². The fraction of sp³-hybridized carbons (Fsp3) is 0.688. The minimum absolute atomic E-state index is 0.101. The number of likely N-dealkylation sites (tertiary alicyclic amines) is 2. The first-order valence-corrected chi connectivity index (χ1v) is 8.90. The highest BCUT2D eigenvalue weighted by Gasteiger charge is 2.51. The second-order valence-corrected chi connectivity index (χ2v) is 7.48. The first-order chi connectivity index (χ1) is 10.5. The van der Waals surface area contributed by atoms with E-state index < -0.39 is 0 Å². The summed E-state index contributed by atoms with van der Waals surface area (Å²) in [6, 6.07) is 0. The minimum atomic E-state index is -0.303. The Balaban J connectivity index is 1.62. The van der Waals surface area contributed by atoms with Gasteiger partial charge >= 0.3 is 0 Å². The molecule has 2 amide bonds. The third-order valence-corrected chi connectivity index (χ3v) is 5.62. The molecule has 3 rings (SSSR count). The molecule has 1 unspecified atom stereocenters. The Morgan fingerprint density at radius 2 is 2.18 bits per heavy atom.